The topological polar surface area (TPSA) is 96.9 Å². The number of carboxylic acid groups (broad SMARTS) is 1. The number of nitrogens with one attached hydrogen (secondary N) is 2. The van der Waals surface area contributed by atoms with Gasteiger partial charge in [-0.05, 0) is 25.7 Å². The molecule has 0 aromatic heterocycles. The summed E-state index contributed by atoms with van der Waals surface area (Å²) < 4.78 is 10.2. The normalized spacial score (nSPS) is 16.0. The zero-order chi connectivity index (χ0) is 15.6. The van der Waals surface area contributed by atoms with E-state index >= 15 is 0 Å². The summed E-state index contributed by atoms with van der Waals surface area (Å²) in [5.74, 6) is -0.817. The van der Waals surface area contributed by atoms with Gasteiger partial charge in [-0.25, -0.2) is 4.79 Å². The number of aliphatic carboxylic acids is 1. The van der Waals surface area contributed by atoms with Crippen LogP contribution in [0.1, 0.15) is 32.1 Å². The molecule has 0 bridgehead atoms. The lowest BCUT2D eigenvalue weighted by atomic mass is 9.69. The molecular weight excluding hydrogens is 276 g/mol. The first-order chi connectivity index (χ1) is 10.1. The third-order valence-corrected chi connectivity index (χ3v) is 3.78. The van der Waals surface area contributed by atoms with Crippen LogP contribution in [0.4, 0.5) is 4.79 Å². The van der Waals surface area contributed by atoms with Crippen LogP contribution in [0, 0.1) is 5.41 Å². The number of methoxy groups -OCH3 is 1. The maximum atomic E-state index is 11.6. The van der Waals surface area contributed by atoms with E-state index in [1.807, 2.05) is 0 Å². The summed E-state index contributed by atoms with van der Waals surface area (Å²) in [6.07, 6.45) is 3.88. The van der Waals surface area contributed by atoms with Crippen molar-refractivity contribution in [2.24, 2.45) is 5.41 Å². The zero-order valence-electron chi connectivity index (χ0n) is 12.7. The van der Waals surface area contributed by atoms with Gasteiger partial charge in [-0.2, -0.15) is 0 Å². The summed E-state index contributed by atoms with van der Waals surface area (Å²) in [5.41, 5.74) is -0.744. The Morgan fingerprint density at radius 1 is 1.14 bits per heavy atom. The third-order valence-electron chi connectivity index (χ3n) is 3.78. The molecule has 1 saturated carbocycles. The highest BCUT2D eigenvalue weighted by Crippen LogP contribution is 2.40. The van der Waals surface area contributed by atoms with Gasteiger partial charge in [-0.15, -0.1) is 0 Å². The van der Waals surface area contributed by atoms with Crippen LogP contribution in [0.5, 0.6) is 0 Å². The maximum Gasteiger partial charge on any atom is 0.314 e. The van der Waals surface area contributed by atoms with Gasteiger partial charge in [0.05, 0.1) is 18.6 Å². The second kappa shape index (κ2) is 9.57. The van der Waals surface area contributed by atoms with Crippen LogP contribution in [0.3, 0.4) is 0 Å². The highest BCUT2D eigenvalue weighted by Gasteiger charge is 2.44. The Kier molecular flexibility index (Phi) is 8.07. The second-order valence-corrected chi connectivity index (χ2v) is 5.36. The van der Waals surface area contributed by atoms with Crippen molar-refractivity contribution in [1.82, 2.24) is 10.6 Å². The molecule has 7 nitrogen and oxygen atoms in total. The van der Waals surface area contributed by atoms with E-state index in [1.54, 1.807) is 7.11 Å². The smallest absolute Gasteiger partial charge is 0.314 e. The van der Waals surface area contributed by atoms with E-state index in [2.05, 4.69) is 10.6 Å². The fourth-order valence-corrected chi connectivity index (χ4v) is 2.16. The number of unbranched alkanes of at least 4 members (excludes halogenated alkanes) is 1. The minimum Gasteiger partial charge on any atom is -0.481 e. The maximum absolute atomic E-state index is 11.6. The molecule has 0 aliphatic heterocycles. The van der Waals surface area contributed by atoms with Crippen molar-refractivity contribution in [2.45, 2.75) is 32.1 Å². The molecule has 0 spiro atoms. The molecule has 1 aliphatic rings. The lowest BCUT2D eigenvalue weighted by molar-refractivity contribution is -0.153. The predicted molar refractivity (Wildman–Crippen MR) is 77.3 cm³/mol. The summed E-state index contributed by atoms with van der Waals surface area (Å²) in [6, 6.07) is -0.303. The molecule has 2 amide bonds. The first kappa shape index (κ1) is 17.7. The number of rotatable bonds is 11. The van der Waals surface area contributed by atoms with Gasteiger partial charge >= 0.3 is 12.0 Å². The number of carbonyl (C=O) groups excluding carboxylic acids is 1. The van der Waals surface area contributed by atoms with E-state index in [4.69, 9.17) is 14.6 Å². The molecule has 122 valence electrons. The average Bonchev–Trinajstić information content (AvgIpc) is 2.40. The largest absolute Gasteiger partial charge is 0.481 e. The summed E-state index contributed by atoms with van der Waals surface area (Å²) in [5, 5.41) is 14.5. The van der Waals surface area contributed by atoms with Gasteiger partial charge in [-0.3, -0.25) is 4.79 Å². The van der Waals surface area contributed by atoms with Gasteiger partial charge < -0.3 is 25.2 Å². The molecule has 0 unspecified atom stereocenters. The van der Waals surface area contributed by atoms with Crippen molar-refractivity contribution in [1.29, 1.82) is 0 Å². The van der Waals surface area contributed by atoms with Crippen LogP contribution >= 0.6 is 0 Å². The number of amides is 2. The molecule has 1 fully saturated rings. The monoisotopic (exact) mass is 302 g/mol. The molecule has 0 aromatic carbocycles. The second-order valence-electron chi connectivity index (χ2n) is 5.36. The Hall–Kier alpha value is -1.34. The van der Waals surface area contributed by atoms with Crippen LogP contribution in [0.2, 0.25) is 0 Å². The van der Waals surface area contributed by atoms with E-state index in [0.717, 1.165) is 19.3 Å². The Morgan fingerprint density at radius 2 is 1.90 bits per heavy atom. The van der Waals surface area contributed by atoms with Gasteiger partial charge in [0.2, 0.25) is 0 Å². The number of urea groups is 1. The molecule has 0 aromatic rings. The summed E-state index contributed by atoms with van der Waals surface area (Å²) in [4.78, 5) is 22.7. The first-order valence-corrected chi connectivity index (χ1v) is 7.42. The van der Waals surface area contributed by atoms with Crippen molar-refractivity contribution in [2.75, 3.05) is 40.0 Å². The fraction of sp³-hybridized carbons (Fsp3) is 0.857. The highest BCUT2D eigenvalue weighted by atomic mass is 16.5. The fourth-order valence-electron chi connectivity index (χ4n) is 2.16. The molecule has 7 heteroatoms. The summed E-state index contributed by atoms with van der Waals surface area (Å²) in [6.45, 7) is 2.58. The van der Waals surface area contributed by atoms with Gasteiger partial charge in [0.15, 0.2) is 0 Å². The lowest BCUT2D eigenvalue weighted by Crippen LogP contribution is -2.49. The number of carboxylic acids is 1. The molecule has 0 heterocycles. The summed E-state index contributed by atoms with van der Waals surface area (Å²) >= 11 is 0. The van der Waals surface area contributed by atoms with Crippen molar-refractivity contribution in [3.63, 3.8) is 0 Å². The van der Waals surface area contributed by atoms with E-state index in [0.29, 0.717) is 39.2 Å². The highest BCUT2D eigenvalue weighted by molar-refractivity contribution is 5.78. The van der Waals surface area contributed by atoms with Crippen LogP contribution < -0.4 is 10.6 Å². The van der Waals surface area contributed by atoms with E-state index in [-0.39, 0.29) is 12.6 Å². The lowest BCUT2D eigenvalue weighted by Gasteiger charge is -2.37. The molecule has 21 heavy (non-hydrogen) atoms. The predicted octanol–water partition coefficient (Wildman–Crippen LogP) is 0.984. The van der Waals surface area contributed by atoms with Crippen molar-refractivity contribution < 1.29 is 24.2 Å². The van der Waals surface area contributed by atoms with Crippen LogP contribution in [-0.2, 0) is 14.3 Å². The zero-order valence-corrected chi connectivity index (χ0v) is 12.7. The van der Waals surface area contributed by atoms with E-state index < -0.39 is 11.4 Å². The molecule has 0 saturated heterocycles. The number of hydrogen-bond donors (Lipinski definition) is 3. The Bertz CT molecular complexity index is 331. The molecule has 1 aliphatic carbocycles. The van der Waals surface area contributed by atoms with Crippen LogP contribution in [-0.4, -0.2) is 57.1 Å². The summed E-state index contributed by atoms with van der Waals surface area (Å²) in [7, 11) is 1.63. The first-order valence-electron chi connectivity index (χ1n) is 7.42. The molecule has 1 rings (SSSR count). The van der Waals surface area contributed by atoms with Gasteiger partial charge in [-0.1, -0.05) is 6.42 Å². The van der Waals surface area contributed by atoms with Crippen molar-refractivity contribution in [3.8, 4) is 0 Å². The standard InChI is InChI=1S/C14H26N2O5/c1-20-9-10-21-8-3-2-7-15-13(19)16-11-14(12(17)18)5-4-6-14/h2-11H2,1H3,(H,17,18)(H2,15,16,19). The molecular formula is C14H26N2O5. The van der Waals surface area contributed by atoms with Crippen LogP contribution in [0.15, 0.2) is 0 Å². The third kappa shape index (κ3) is 6.31. The Labute approximate surface area is 125 Å². The van der Waals surface area contributed by atoms with Crippen molar-refractivity contribution >= 4 is 12.0 Å². The van der Waals surface area contributed by atoms with Gasteiger partial charge in [0.25, 0.3) is 0 Å². The SMILES string of the molecule is COCCOCCCCNC(=O)NCC1(C(=O)O)CCC1. The molecule has 3 N–H and O–H groups in total. The molecule has 0 atom stereocenters. The molecule has 0 radical (unpaired) electrons. The minimum absolute atomic E-state index is 0.203. The quantitative estimate of drug-likeness (QED) is 0.494. The Balaban J connectivity index is 1.98. The van der Waals surface area contributed by atoms with E-state index in [1.165, 1.54) is 0 Å². The minimum atomic E-state index is -0.817. The number of ether oxygens (including phenoxy) is 2. The van der Waals surface area contributed by atoms with E-state index in [9.17, 15) is 9.59 Å². The van der Waals surface area contributed by atoms with Crippen molar-refractivity contribution in [3.05, 3.63) is 0 Å². The average molecular weight is 302 g/mol. The number of hydrogen-bond acceptors (Lipinski definition) is 4. The van der Waals surface area contributed by atoms with Gasteiger partial charge in [0.1, 0.15) is 0 Å². The van der Waals surface area contributed by atoms with Gasteiger partial charge in [0, 0.05) is 26.8 Å². The number of carbonyl (C=O) groups is 2. The van der Waals surface area contributed by atoms with Crippen LogP contribution in [0.25, 0.3) is 0 Å². The Morgan fingerprint density at radius 3 is 2.48 bits per heavy atom.